The summed E-state index contributed by atoms with van der Waals surface area (Å²) in [6.45, 7) is 6.21. The lowest BCUT2D eigenvalue weighted by atomic mass is 9.87. The molecule has 2 N–H and O–H groups in total. The SMILES string of the molecule is Cn1cccc1C(=O)NNC(=O)COc1ccc(C(C)(C)C)cc1. The average molecular weight is 329 g/mol. The monoisotopic (exact) mass is 329 g/mol. The quantitative estimate of drug-likeness (QED) is 0.844. The zero-order valence-electron chi connectivity index (χ0n) is 14.4. The Balaban J connectivity index is 1.79. The number of carbonyl (C=O) groups excluding carboxylic acids is 2. The third kappa shape index (κ3) is 4.62. The lowest BCUT2D eigenvalue weighted by Crippen LogP contribution is -2.44. The number of benzene rings is 1. The van der Waals surface area contributed by atoms with Gasteiger partial charge in [-0.25, -0.2) is 0 Å². The Morgan fingerprint density at radius 2 is 1.75 bits per heavy atom. The number of rotatable bonds is 4. The van der Waals surface area contributed by atoms with Crippen LogP contribution >= 0.6 is 0 Å². The Bertz CT molecular complexity index is 712. The number of hydrogen-bond donors (Lipinski definition) is 2. The molecule has 1 aromatic carbocycles. The molecule has 0 atom stereocenters. The number of aryl methyl sites for hydroxylation is 1. The van der Waals surface area contributed by atoms with Gasteiger partial charge in [0.05, 0.1) is 0 Å². The third-order valence-corrected chi connectivity index (χ3v) is 3.58. The first-order valence-corrected chi connectivity index (χ1v) is 7.71. The van der Waals surface area contributed by atoms with E-state index in [-0.39, 0.29) is 17.9 Å². The molecule has 0 aliphatic carbocycles. The summed E-state index contributed by atoms with van der Waals surface area (Å²) in [7, 11) is 1.75. The fourth-order valence-electron chi connectivity index (χ4n) is 2.12. The van der Waals surface area contributed by atoms with E-state index in [2.05, 4.69) is 31.6 Å². The maximum absolute atomic E-state index is 11.8. The largest absolute Gasteiger partial charge is 0.484 e. The number of nitrogens with one attached hydrogen (secondary N) is 2. The van der Waals surface area contributed by atoms with E-state index in [1.807, 2.05) is 24.3 Å². The van der Waals surface area contributed by atoms with Gasteiger partial charge in [0.1, 0.15) is 11.4 Å². The summed E-state index contributed by atoms with van der Waals surface area (Å²) in [6.07, 6.45) is 1.75. The average Bonchev–Trinajstić information content (AvgIpc) is 2.96. The predicted octanol–water partition coefficient (Wildman–Crippen LogP) is 2.16. The number of hydrazine groups is 1. The van der Waals surface area contributed by atoms with Gasteiger partial charge in [0.2, 0.25) is 0 Å². The summed E-state index contributed by atoms with van der Waals surface area (Å²) in [5.41, 5.74) is 6.39. The van der Waals surface area contributed by atoms with Crippen LogP contribution < -0.4 is 15.6 Å². The Hall–Kier alpha value is -2.76. The highest BCUT2D eigenvalue weighted by Gasteiger charge is 2.13. The maximum atomic E-state index is 11.8. The number of carbonyl (C=O) groups is 2. The Labute approximate surface area is 141 Å². The van der Waals surface area contributed by atoms with Crippen molar-refractivity contribution < 1.29 is 14.3 Å². The molecule has 0 saturated heterocycles. The van der Waals surface area contributed by atoms with E-state index in [4.69, 9.17) is 4.74 Å². The van der Waals surface area contributed by atoms with Crippen molar-refractivity contribution in [3.63, 3.8) is 0 Å². The van der Waals surface area contributed by atoms with Crippen LogP contribution in [0.1, 0.15) is 36.8 Å². The van der Waals surface area contributed by atoms with Gasteiger partial charge in [-0.05, 0) is 35.2 Å². The van der Waals surface area contributed by atoms with E-state index in [0.717, 1.165) is 0 Å². The maximum Gasteiger partial charge on any atom is 0.286 e. The van der Waals surface area contributed by atoms with Crippen LogP contribution in [-0.4, -0.2) is 23.0 Å². The van der Waals surface area contributed by atoms with E-state index < -0.39 is 5.91 Å². The van der Waals surface area contributed by atoms with Crippen LogP contribution in [0.4, 0.5) is 0 Å². The van der Waals surface area contributed by atoms with Crippen LogP contribution in [0.25, 0.3) is 0 Å². The lowest BCUT2D eigenvalue weighted by molar-refractivity contribution is -0.123. The zero-order chi connectivity index (χ0) is 17.7. The van der Waals surface area contributed by atoms with Crippen molar-refractivity contribution in [2.75, 3.05) is 6.61 Å². The van der Waals surface area contributed by atoms with Gasteiger partial charge in [-0.15, -0.1) is 0 Å². The van der Waals surface area contributed by atoms with Crippen LogP contribution in [0.2, 0.25) is 0 Å². The van der Waals surface area contributed by atoms with Crippen molar-refractivity contribution in [1.29, 1.82) is 0 Å². The first-order chi connectivity index (χ1) is 11.3. The molecule has 0 bridgehead atoms. The predicted molar refractivity (Wildman–Crippen MR) is 91.7 cm³/mol. The Morgan fingerprint density at radius 3 is 2.29 bits per heavy atom. The zero-order valence-corrected chi connectivity index (χ0v) is 14.4. The first kappa shape index (κ1) is 17.6. The summed E-state index contributed by atoms with van der Waals surface area (Å²) in [4.78, 5) is 23.6. The molecule has 2 rings (SSSR count). The molecule has 24 heavy (non-hydrogen) atoms. The molecule has 0 unspecified atom stereocenters. The Morgan fingerprint density at radius 1 is 1.08 bits per heavy atom. The van der Waals surface area contributed by atoms with Crippen molar-refractivity contribution in [3.05, 3.63) is 53.9 Å². The molecule has 0 fully saturated rings. The molecular weight excluding hydrogens is 306 g/mol. The fourth-order valence-corrected chi connectivity index (χ4v) is 2.12. The van der Waals surface area contributed by atoms with Gasteiger partial charge in [-0.3, -0.25) is 20.4 Å². The molecule has 6 heteroatoms. The summed E-state index contributed by atoms with van der Waals surface area (Å²) in [5, 5.41) is 0. The topological polar surface area (TPSA) is 72.4 Å². The van der Waals surface area contributed by atoms with Crippen LogP contribution in [0.3, 0.4) is 0 Å². The molecule has 0 radical (unpaired) electrons. The second-order valence-electron chi connectivity index (χ2n) is 6.57. The van der Waals surface area contributed by atoms with Crippen molar-refractivity contribution >= 4 is 11.8 Å². The second-order valence-corrected chi connectivity index (χ2v) is 6.57. The number of nitrogens with zero attached hydrogens (tertiary/aromatic N) is 1. The molecular formula is C18H23N3O3. The highest BCUT2D eigenvalue weighted by atomic mass is 16.5. The van der Waals surface area contributed by atoms with Crippen molar-refractivity contribution in [2.45, 2.75) is 26.2 Å². The van der Waals surface area contributed by atoms with Crippen LogP contribution in [0.15, 0.2) is 42.6 Å². The van der Waals surface area contributed by atoms with Gasteiger partial charge in [0, 0.05) is 13.2 Å². The third-order valence-electron chi connectivity index (χ3n) is 3.58. The van der Waals surface area contributed by atoms with Gasteiger partial charge < -0.3 is 9.30 Å². The molecule has 2 amide bonds. The molecule has 1 aromatic heterocycles. The van der Waals surface area contributed by atoms with Crippen LogP contribution in [0.5, 0.6) is 5.75 Å². The highest BCUT2D eigenvalue weighted by molar-refractivity contribution is 5.94. The molecule has 0 saturated carbocycles. The highest BCUT2D eigenvalue weighted by Crippen LogP contribution is 2.24. The van der Waals surface area contributed by atoms with Gasteiger partial charge in [0.15, 0.2) is 6.61 Å². The smallest absolute Gasteiger partial charge is 0.286 e. The van der Waals surface area contributed by atoms with E-state index >= 15 is 0 Å². The van der Waals surface area contributed by atoms with Crippen molar-refractivity contribution in [3.8, 4) is 5.75 Å². The van der Waals surface area contributed by atoms with Gasteiger partial charge in [-0.1, -0.05) is 32.9 Å². The van der Waals surface area contributed by atoms with E-state index in [0.29, 0.717) is 11.4 Å². The summed E-state index contributed by atoms with van der Waals surface area (Å²) in [6, 6.07) is 11.0. The summed E-state index contributed by atoms with van der Waals surface area (Å²) >= 11 is 0. The standard InChI is InChI=1S/C18H23N3O3/c1-18(2,3)13-7-9-14(10-8-13)24-12-16(22)19-20-17(23)15-6-5-11-21(15)4/h5-11H,12H2,1-4H3,(H,19,22)(H,20,23). The minimum absolute atomic E-state index is 0.0666. The van der Waals surface area contributed by atoms with Crippen molar-refractivity contribution in [2.24, 2.45) is 7.05 Å². The normalized spacial score (nSPS) is 11.0. The van der Waals surface area contributed by atoms with E-state index in [1.54, 1.807) is 29.9 Å². The molecule has 6 nitrogen and oxygen atoms in total. The Kier molecular flexibility index (Phi) is 5.28. The van der Waals surface area contributed by atoms with E-state index in [9.17, 15) is 9.59 Å². The van der Waals surface area contributed by atoms with Crippen molar-refractivity contribution in [1.82, 2.24) is 15.4 Å². The molecule has 0 aliphatic heterocycles. The molecule has 2 aromatic rings. The fraction of sp³-hybridized carbons (Fsp3) is 0.333. The lowest BCUT2D eigenvalue weighted by Gasteiger charge is -2.19. The molecule has 0 aliphatic rings. The van der Waals surface area contributed by atoms with Gasteiger partial charge in [-0.2, -0.15) is 0 Å². The number of hydrogen-bond acceptors (Lipinski definition) is 3. The molecule has 0 spiro atoms. The van der Waals surface area contributed by atoms with Crippen LogP contribution in [-0.2, 0) is 17.3 Å². The molecule has 128 valence electrons. The minimum Gasteiger partial charge on any atom is -0.484 e. The number of aromatic nitrogens is 1. The first-order valence-electron chi connectivity index (χ1n) is 7.71. The minimum atomic E-state index is -0.433. The van der Waals surface area contributed by atoms with Crippen LogP contribution in [0, 0.1) is 0 Å². The van der Waals surface area contributed by atoms with Gasteiger partial charge >= 0.3 is 0 Å². The summed E-state index contributed by atoms with van der Waals surface area (Å²) in [5.74, 6) is -0.213. The number of ether oxygens (including phenoxy) is 1. The second kappa shape index (κ2) is 7.21. The summed E-state index contributed by atoms with van der Waals surface area (Å²) < 4.78 is 7.08. The molecule has 1 heterocycles. The number of amides is 2. The van der Waals surface area contributed by atoms with Gasteiger partial charge in [0.25, 0.3) is 11.8 Å². The van der Waals surface area contributed by atoms with E-state index in [1.165, 1.54) is 5.56 Å².